The van der Waals surface area contributed by atoms with E-state index < -0.39 is 10.1 Å². The molecule has 2 aromatic rings. The van der Waals surface area contributed by atoms with Gasteiger partial charge >= 0.3 is 29.6 Å². The summed E-state index contributed by atoms with van der Waals surface area (Å²) in [4.78, 5) is 0. The second-order valence-electron chi connectivity index (χ2n) is 5.49. The Labute approximate surface area is 166 Å². The van der Waals surface area contributed by atoms with E-state index in [0.717, 1.165) is 30.6 Å². The quantitative estimate of drug-likeness (QED) is 0.373. The summed E-state index contributed by atoms with van der Waals surface area (Å²) in [7, 11) is -4.07. The van der Waals surface area contributed by atoms with E-state index >= 15 is 0 Å². The van der Waals surface area contributed by atoms with Gasteiger partial charge in [0.25, 0.3) is 0 Å². The third-order valence-corrected chi connectivity index (χ3v) is 4.32. The van der Waals surface area contributed by atoms with Crippen LogP contribution in [0.5, 0.6) is 5.75 Å². The molecule has 0 aliphatic rings. The first-order valence-corrected chi connectivity index (χ1v) is 9.30. The van der Waals surface area contributed by atoms with Crippen molar-refractivity contribution in [3.63, 3.8) is 0 Å². The van der Waals surface area contributed by atoms with Gasteiger partial charge in [0.2, 0.25) is 0 Å². The fourth-order valence-electron chi connectivity index (χ4n) is 2.28. The maximum absolute atomic E-state index is 10.5. The Balaban J connectivity index is 0.00000288. The molecule has 0 atom stereocenters. The third-order valence-electron chi connectivity index (χ3n) is 3.53. The van der Waals surface area contributed by atoms with Crippen LogP contribution in [0.3, 0.4) is 0 Å². The van der Waals surface area contributed by atoms with Crippen LogP contribution < -0.4 is 34.3 Å². The molecule has 2 rings (SSSR count). The van der Waals surface area contributed by atoms with Gasteiger partial charge in [0, 0.05) is 5.75 Å². The van der Waals surface area contributed by atoms with Gasteiger partial charge in [0.05, 0.1) is 10.1 Å². The van der Waals surface area contributed by atoms with Gasteiger partial charge < -0.3 is 9.29 Å². The average Bonchev–Trinajstić information content (AvgIpc) is 2.54. The second kappa shape index (κ2) is 10.9. The maximum Gasteiger partial charge on any atom is 1.00 e. The molecule has 24 heavy (non-hydrogen) atoms. The number of ether oxygens (including phenoxy) is 1. The first-order chi connectivity index (χ1) is 11.0. The van der Waals surface area contributed by atoms with Gasteiger partial charge in [-0.05, 0) is 42.5 Å². The topological polar surface area (TPSA) is 66.4 Å². The van der Waals surface area contributed by atoms with Crippen molar-refractivity contribution in [3.8, 4) is 5.75 Å². The first kappa shape index (κ1) is 21.2. The van der Waals surface area contributed by atoms with Crippen molar-refractivity contribution in [1.82, 2.24) is 0 Å². The van der Waals surface area contributed by atoms with E-state index in [4.69, 9.17) is 4.74 Å². The van der Waals surface area contributed by atoms with E-state index in [1.54, 1.807) is 0 Å². The number of hydrogen-bond acceptors (Lipinski definition) is 4. The summed E-state index contributed by atoms with van der Waals surface area (Å²) in [6, 6.07) is 17.9. The fourth-order valence-corrected chi connectivity index (χ4v) is 2.84. The van der Waals surface area contributed by atoms with Gasteiger partial charge in [-0.2, -0.15) is 0 Å². The maximum atomic E-state index is 10.5. The van der Waals surface area contributed by atoms with Crippen LogP contribution in [0.25, 0.3) is 0 Å². The zero-order chi connectivity index (χ0) is 16.5. The monoisotopic (exact) mass is 356 g/mol. The Morgan fingerprint density at radius 2 is 1.50 bits per heavy atom. The SMILES string of the molecule is O=S(=O)([O-])CCCCCc1ccc(OCc2ccccc2)cc1.[Na+]. The smallest absolute Gasteiger partial charge is 0.748 e. The van der Waals surface area contributed by atoms with Gasteiger partial charge in [-0.1, -0.05) is 48.9 Å². The minimum Gasteiger partial charge on any atom is -0.748 e. The number of benzene rings is 2. The zero-order valence-electron chi connectivity index (χ0n) is 14.0. The van der Waals surface area contributed by atoms with Gasteiger partial charge in [-0.15, -0.1) is 0 Å². The van der Waals surface area contributed by atoms with Crippen molar-refractivity contribution >= 4 is 10.1 Å². The van der Waals surface area contributed by atoms with Crippen LogP contribution in [0.2, 0.25) is 0 Å². The molecule has 2 aromatic carbocycles. The summed E-state index contributed by atoms with van der Waals surface area (Å²) in [5, 5.41) is 0. The standard InChI is InChI=1S/C18H22O4S.Na/c19-23(20,21)14-6-2-5-7-16-10-12-18(13-11-16)22-15-17-8-3-1-4-9-17;/h1,3-4,8-13H,2,5-7,14-15H2,(H,19,20,21);/q;+1/p-1. The van der Waals surface area contributed by atoms with Crippen LogP contribution in [0.15, 0.2) is 54.6 Å². The molecule has 6 heteroatoms. The summed E-state index contributed by atoms with van der Waals surface area (Å²) in [6.45, 7) is 0.545. The van der Waals surface area contributed by atoms with E-state index in [2.05, 4.69) is 0 Å². The van der Waals surface area contributed by atoms with E-state index in [1.165, 1.54) is 5.56 Å². The van der Waals surface area contributed by atoms with E-state index in [-0.39, 0.29) is 35.3 Å². The molecule has 0 spiro atoms. The van der Waals surface area contributed by atoms with Gasteiger partial charge in [0.15, 0.2) is 0 Å². The Kier molecular flexibility index (Phi) is 9.63. The fraction of sp³-hybridized carbons (Fsp3) is 0.333. The van der Waals surface area contributed by atoms with Crippen molar-refractivity contribution in [2.45, 2.75) is 32.3 Å². The molecular weight excluding hydrogens is 335 g/mol. The second-order valence-corrected chi connectivity index (χ2v) is 7.01. The van der Waals surface area contributed by atoms with Crippen molar-refractivity contribution in [1.29, 1.82) is 0 Å². The molecule has 0 aromatic heterocycles. The molecule has 0 amide bonds. The van der Waals surface area contributed by atoms with Gasteiger partial charge in [0.1, 0.15) is 12.4 Å². The Hall–Kier alpha value is -0.850. The molecule has 0 N–H and O–H groups in total. The van der Waals surface area contributed by atoms with Crippen LogP contribution in [-0.4, -0.2) is 18.7 Å². The molecule has 124 valence electrons. The average molecular weight is 356 g/mol. The first-order valence-electron chi connectivity index (χ1n) is 7.72. The van der Waals surface area contributed by atoms with E-state index in [0.29, 0.717) is 13.0 Å². The summed E-state index contributed by atoms with van der Waals surface area (Å²) in [6.07, 6.45) is 2.93. The van der Waals surface area contributed by atoms with Gasteiger partial charge in [-0.25, -0.2) is 8.42 Å². The van der Waals surface area contributed by atoms with Crippen LogP contribution in [0.4, 0.5) is 0 Å². The summed E-state index contributed by atoms with van der Waals surface area (Å²) in [5.74, 6) is 0.564. The summed E-state index contributed by atoms with van der Waals surface area (Å²) in [5.41, 5.74) is 2.31. The van der Waals surface area contributed by atoms with Crippen LogP contribution >= 0.6 is 0 Å². The molecule has 0 unspecified atom stereocenters. The van der Waals surface area contributed by atoms with Crippen molar-refractivity contribution in [2.75, 3.05) is 5.75 Å². The van der Waals surface area contributed by atoms with Crippen molar-refractivity contribution < 1.29 is 47.3 Å². The van der Waals surface area contributed by atoms with Crippen molar-refractivity contribution in [2.24, 2.45) is 0 Å². The third kappa shape index (κ3) is 8.85. The predicted octanol–water partition coefficient (Wildman–Crippen LogP) is 0.528. The Morgan fingerprint density at radius 1 is 0.833 bits per heavy atom. The number of unbranched alkanes of at least 4 members (excludes halogenated alkanes) is 2. The molecule has 0 bridgehead atoms. The van der Waals surface area contributed by atoms with Crippen LogP contribution in [-0.2, 0) is 23.1 Å². The molecular formula is C18H21NaO4S. The summed E-state index contributed by atoms with van der Waals surface area (Å²) < 4.78 is 37.2. The molecule has 0 aliphatic heterocycles. The largest absolute Gasteiger partial charge is 1.00 e. The summed E-state index contributed by atoms with van der Waals surface area (Å²) >= 11 is 0. The minimum absolute atomic E-state index is 0. The zero-order valence-corrected chi connectivity index (χ0v) is 16.8. The van der Waals surface area contributed by atoms with Crippen molar-refractivity contribution in [3.05, 3.63) is 65.7 Å². The number of hydrogen-bond donors (Lipinski definition) is 0. The molecule has 0 fully saturated rings. The number of rotatable bonds is 9. The molecule has 0 saturated carbocycles. The molecule has 0 saturated heterocycles. The predicted molar refractivity (Wildman–Crippen MR) is 89.3 cm³/mol. The Morgan fingerprint density at radius 3 is 2.12 bits per heavy atom. The normalized spacial score (nSPS) is 10.9. The van der Waals surface area contributed by atoms with Crippen LogP contribution in [0.1, 0.15) is 30.4 Å². The minimum atomic E-state index is -4.07. The molecule has 4 nitrogen and oxygen atoms in total. The van der Waals surface area contributed by atoms with Crippen LogP contribution in [0, 0.1) is 0 Å². The Bertz CT molecular complexity index is 685. The van der Waals surface area contributed by atoms with Gasteiger partial charge in [-0.3, -0.25) is 0 Å². The molecule has 0 aliphatic carbocycles. The molecule has 0 radical (unpaired) electrons. The number of aryl methyl sites for hydroxylation is 1. The van der Waals surface area contributed by atoms with E-state index in [9.17, 15) is 13.0 Å². The van der Waals surface area contributed by atoms with E-state index in [1.807, 2.05) is 54.6 Å². The molecule has 0 heterocycles.